The van der Waals surface area contributed by atoms with E-state index in [0.29, 0.717) is 17.9 Å². The molecule has 1 fully saturated rings. The van der Waals surface area contributed by atoms with Gasteiger partial charge in [-0.25, -0.2) is 0 Å². The Kier molecular flexibility index (Phi) is 6.39. The molecule has 0 radical (unpaired) electrons. The number of alkyl halides is 3. The molecule has 0 saturated carbocycles. The molecule has 0 spiro atoms. The van der Waals surface area contributed by atoms with E-state index in [1.165, 1.54) is 30.9 Å². The lowest BCUT2D eigenvalue weighted by Gasteiger charge is -2.42. The molecule has 158 valence electrons. The molecular formula is C22H27F3N2O2. The van der Waals surface area contributed by atoms with Gasteiger partial charge in [-0.2, -0.15) is 0 Å². The fourth-order valence-electron chi connectivity index (χ4n) is 3.85. The van der Waals surface area contributed by atoms with Crippen LogP contribution in [-0.2, 0) is 6.54 Å². The lowest BCUT2D eigenvalue weighted by atomic mass is 9.78. The number of ether oxygens (including phenoxy) is 2. The van der Waals surface area contributed by atoms with Crippen molar-refractivity contribution in [3.05, 3.63) is 59.7 Å². The van der Waals surface area contributed by atoms with Crippen LogP contribution in [0.5, 0.6) is 11.5 Å². The molecule has 0 bridgehead atoms. The molecule has 2 unspecified atom stereocenters. The standard InChI is InChI=1S/C22H27F3N2O2/c1-21(2)12-18(20(27-14-21)15-7-5-4-6-8-15)26-13-16-11-17(29-22(23,24)25)9-10-19(16)28-3/h4-11,18,20,26-27H,12-14H2,1-3H3. The van der Waals surface area contributed by atoms with E-state index in [4.69, 9.17) is 4.74 Å². The van der Waals surface area contributed by atoms with Gasteiger partial charge in [-0.3, -0.25) is 0 Å². The lowest BCUT2D eigenvalue weighted by molar-refractivity contribution is -0.274. The Balaban J connectivity index is 1.79. The van der Waals surface area contributed by atoms with Gasteiger partial charge in [0.25, 0.3) is 0 Å². The molecule has 2 N–H and O–H groups in total. The minimum absolute atomic E-state index is 0.105. The first-order valence-corrected chi connectivity index (χ1v) is 9.61. The quantitative estimate of drug-likeness (QED) is 0.720. The largest absolute Gasteiger partial charge is 0.573 e. The van der Waals surface area contributed by atoms with E-state index in [1.54, 1.807) is 0 Å². The van der Waals surface area contributed by atoms with Crippen LogP contribution in [0.4, 0.5) is 13.2 Å². The molecule has 1 aliphatic rings. The van der Waals surface area contributed by atoms with E-state index in [1.807, 2.05) is 18.2 Å². The molecule has 0 amide bonds. The second-order valence-electron chi connectivity index (χ2n) is 8.15. The number of nitrogens with one attached hydrogen (secondary N) is 2. The third-order valence-corrected chi connectivity index (χ3v) is 5.17. The highest BCUT2D eigenvalue weighted by molar-refractivity contribution is 5.40. The summed E-state index contributed by atoms with van der Waals surface area (Å²) in [7, 11) is 1.50. The molecule has 29 heavy (non-hydrogen) atoms. The summed E-state index contributed by atoms with van der Waals surface area (Å²) in [6.45, 7) is 5.66. The van der Waals surface area contributed by atoms with Gasteiger partial charge in [-0.1, -0.05) is 44.2 Å². The number of benzene rings is 2. The van der Waals surface area contributed by atoms with Crippen LogP contribution in [0.1, 0.15) is 37.4 Å². The molecule has 1 heterocycles. The number of halogens is 3. The summed E-state index contributed by atoms with van der Waals surface area (Å²) in [6, 6.07) is 14.5. The smallest absolute Gasteiger partial charge is 0.496 e. The highest BCUT2D eigenvalue weighted by atomic mass is 19.4. The van der Waals surface area contributed by atoms with Crippen molar-refractivity contribution in [2.75, 3.05) is 13.7 Å². The fraction of sp³-hybridized carbons (Fsp3) is 0.455. The zero-order chi connectivity index (χ0) is 21.1. The SMILES string of the molecule is COc1ccc(OC(F)(F)F)cc1CNC1CC(C)(C)CNC1c1ccccc1. The lowest BCUT2D eigenvalue weighted by Crippen LogP contribution is -2.52. The van der Waals surface area contributed by atoms with Crippen LogP contribution in [0.2, 0.25) is 0 Å². The summed E-state index contributed by atoms with van der Waals surface area (Å²) in [5.74, 6) is 0.267. The number of rotatable bonds is 6. The second kappa shape index (κ2) is 8.63. The van der Waals surface area contributed by atoms with Gasteiger partial charge in [-0.15, -0.1) is 13.2 Å². The summed E-state index contributed by atoms with van der Waals surface area (Å²) in [5, 5.41) is 7.14. The maximum atomic E-state index is 12.6. The Morgan fingerprint density at radius 2 is 1.86 bits per heavy atom. The van der Waals surface area contributed by atoms with E-state index in [-0.39, 0.29) is 23.2 Å². The van der Waals surface area contributed by atoms with Gasteiger partial charge < -0.3 is 20.1 Å². The first-order chi connectivity index (χ1) is 13.7. The fourth-order valence-corrected chi connectivity index (χ4v) is 3.85. The van der Waals surface area contributed by atoms with Crippen molar-refractivity contribution in [3.63, 3.8) is 0 Å². The Labute approximate surface area is 169 Å². The minimum Gasteiger partial charge on any atom is -0.496 e. The first kappa shape index (κ1) is 21.5. The highest BCUT2D eigenvalue weighted by Crippen LogP contribution is 2.34. The minimum atomic E-state index is -4.73. The van der Waals surface area contributed by atoms with Gasteiger partial charge in [0.2, 0.25) is 0 Å². The summed E-state index contributed by atoms with van der Waals surface area (Å²) >= 11 is 0. The zero-order valence-electron chi connectivity index (χ0n) is 16.8. The third-order valence-electron chi connectivity index (χ3n) is 5.17. The average molecular weight is 408 g/mol. The number of piperidine rings is 1. The summed E-state index contributed by atoms with van der Waals surface area (Å²) < 4.78 is 47.1. The monoisotopic (exact) mass is 408 g/mol. The Morgan fingerprint density at radius 3 is 2.52 bits per heavy atom. The van der Waals surface area contributed by atoms with Crippen LogP contribution < -0.4 is 20.1 Å². The van der Waals surface area contributed by atoms with Crippen molar-refractivity contribution in [1.82, 2.24) is 10.6 Å². The van der Waals surface area contributed by atoms with Crippen LogP contribution in [0.3, 0.4) is 0 Å². The molecule has 3 rings (SSSR count). The second-order valence-corrected chi connectivity index (χ2v) is 8.15. The van der Waals surface area contributed by atoms with Gasteiger partial charge >= 0.3 is 6.36 Å². The van der Waals surface area contributed by atoms with Crippen LogP contribution >= 0.6 is 0 Å². The van der Waals surface area contributed by atoms with Crippen molar-refractivity contribution in [1.29, 1.82) is 0 Å². The van der Waals surface area contributed by atoms with Gasteiger partial charge in [0.1, 0.15) is 11.5 Å². The summed E-state index contributed by atoms with van der Waals surface area (Å²) in [6.07, 6.45) is -3.80. The third kappa shape index (κ3) is 5.87. The zero-order valence-corrected chi connectivity index (χ0v) is 16.8. The Morgan fingerprint density at radius 1 is 1.14 bits per heavy atom. The van der Waals surface area contributed by atoms with Gasteiger partial charge in [-0.05, 0) is 35.6 Å². The molecule has 7 heteroatoms. The van der Waals surface area contributed by atoms with Crippen molar-refractivity contribution in [2.24, 2.45) is 5.41 Å². The molecule has 0 aliphatic carbocycles. The summed E-state index contributed by atoms with van der Waals surface area (Å²) in [5.41, 5.74) is 1.90. The predicted octanol–water partition coefficient (Wildman–Crippen LogP) is 4.81. The van der Waals surface area contributed by atoms with Crippen LogP contribution in [0, 0.1) is 5.41 Å². The van der Waals surface area contributed by atoms with Crippen molar-refractivity contribution in [2.45, 2.75) is 45.3 Å². The molecule has 0 aromatic heterocycles. The van der Waals surface area contributed by atoms with Crippen molar-refractivity contribution >= 4 is 0 Å². The van der Waals surface area contributed by atoms with E-state index < -0.39 is 6.36 Å². The maximum Gasteiger partial charge on any atom is 0.573 e. The van der Waals surface area contributed by atoms with E-state index in [9.17, 15) is 13.2 Å². The normalized spacial score (nSPS) is 21.6. The molecule has 1 saturated heterocycles. The first-order valence-electron chi connectivity index (χ1n) is 9.61. The summed E-state index contributed by atoms with van der Waals surface area (Å²) in [4.78, 5) is 0. The number of methoxy groups -OCH3 is 1. The van der Waals surface area contributed by atoms with Crippen molar-refractivity contribution < 1.29 is 22.6 Å². The van der Waals surface area contributed by atoms with Crippen LogP contribution in [0.25, 0.3) is 0 Å². The van der Waals surface area contributed by atoms with Gasteiger partial charge in [0.15, 0.2) is 0 Å². The van der Waals surface area contributed by atoms with Gasteiger partial charge in [0, 0.05) is 30.7 Å². The van der Waals surface area contributed by atoms with Gasteiger partial charge in [0.05, 0.1) is 7.11 Å². The number of hydrogen-bond acceptors (Lipinski definition) is 4. The Hall–Kier alpha value is -2.25. The van der Waals surface area contributed by atoms with Crippen LogP contribution in [0.15, 0.2) is 48.5 Å². The topological polar surface area (TPSA) is 42.5 Å². The van der Waals surface area contributed by atoms with Crippen molar-refractivity contribution in [3.8, 4) is 11.5 Å². The predicted molar refractivity (Wildman–Crippen MR) is 106 cm³/mol. The molecular weight excluding hydrogens is 381 g/mol. The van der Waals surface area contributed by atoms with E-state index >= 15 is 0 Å². The Bertz CT molecular complexity index is 809. The van der Waals surface area contributed by atoms with E-state index in [2.05, 4.69) is 41.4 Å². The number of hydrogen-bond donors (Lipinski definition) is 2. The molecule has 1 aliphatic heterocycles. The van der Waals surface area contributed by atoms with Crippen LogP contribution in [-0.4, -0.2) is 26.1 Å². The molecule has 2 aromatic carbocycles. The molecule has 4 nitrogen and oxygen atoms in total. The highest BCUT2D eigenvalue weighted by Gasteiger charge is 2.35. The average Bonchev–Trinajstić information content (AvgIpc) is 2.65. The molecule has 2 aromatic rings. The van der Waals surface area contributed by atoms with E-state index in [0.717, 1.165) is 13.0 Å². The molecule has 2 atom stereocenters. The maximum absolute atomic E-state index is 12.6.